The highest BCUT2D eigenvalue weighted by atomic mass is 19.3. The fourth-order valence-electron chi connectivity index (χ4n) is 2.54. The lowest BCUT2D eigenvalue weighted by molar-refractivity contribution is -0.144. The van der Waals surface area contributed by atoms with Gasteiger partial charge in [-0.1, -0.05) is 24.3 Å². The number of para-hydroxylation sites is 3. The van der Waals surface area contributed by atoms with Gasteiger partial charge in [-0.3, -0.25) is 4.79 Å². The van der Waals surface area contributed by atoms with Crippen molar-refractivity contribution >= 4 is 17.6 Å². The number of carbonyl (C=O) groups excluding carboxylic acids is 1. The first-order valence-corrected chi connectivity index (χ1v) is 7.31. The van der Waals surface area contributed by atoms with E-state index in [0.717, 1.165) is 0 Å². The van der Waals surface area contributed by atoms with Crippen LogP contribution >= 0.6 is 0 Å². The van der Waals surface area contributed by atoms with Gasteiger partial charge in [0.1, 0.15) is 11.5 Å². The largest absolute Gasteiger partial charge is 0.478 e. The van der Waals surface area contributed by atoms with Gasteiger partial charge in [0.05, 0.1) is 17.8 Å². The number of amides is 1. The predicted octanol–water partition coefficient (Wildman–Crippen LogP) is 2.78. The average Bonchev–Trinajstić information content (AvgIpc) is 2.60. The van der Waals surface area contributed by atoms with Gasteiger partial charge in [0.25, 0.3) is 5.91 Å². The van der Waals surface area contributed by atoms with Gasteiger partial charge in [0, 0.05) is 0 Å². The molecule has 1 heterocycles. The monoisotopic (exact) mass is 349 g/mol. The van der Waals surface area contributed by atoms with Crippen LogP contribution in [0.5, 0.6) is 11.5 Å². The summed E-state index contributed by atoms with van der Waals surface area (Å²) in [6.45, 7) is -3.34. The number of ether oxygens (including phenoxy) is 2. The van der Waals surface area contributed by atoms with Crippen molar-refractivity contribution in [1.82, 2.24) is 0 Å². The Morgan fingerprint density at radius 1 is 1.16 bits per heavy atom. The topological polar surface area (TPSA) is 76.1 Å². The van der Waals surface area contributed by atoms with Crippen LogP contribution < -0.4 is 14.4 Å². The molecule has 0 aromatic heterocycles. The lowest BCUT2D eigenvalue weighted by Crippen LogP contribution is -2.47. The molecule has 6 nitrogen and oxygen atoms in total. The Hall–Kier alpha value is -3.16. The molecule has 130 valence electrons. The minimum Gasteiger partial charge on any atom is -0.478 e. The Kier molecular flexibility index (Phi) is 4.51. The molecule has 0 fully saturated rings. The van der Waals surface area contributed by atoms with Crippen molar-refractivity contribution in [2.45, 2.75) is 12.7 Å². The summed E-state index contributed by atoms with van der Waals surface area (Å²) < 4.78 is 34.9. The van der Waals surface area contributed by atoms with Gasteiger partial charge in [-0.05, 0) is 24.3 Å². The van der Waals surface area contributed by atoms with Crippen LogP contribution in [0.25, 0.3) is 0 Å². The van der Waals surface area contributed by atoms with Gasteiger partial charge in [-0.25, -0.2) is 4.79 Å². The Bertz CT molecular complexity index is 811. The molecule has 1 amide bonds. The van der Waals surface area contributed by atoms with Crippen molar-refractivity contribution in [3.05, 3.63) is 54.1 Å². The maximum atomic E-state index is 12.9. The zero-order valence-corrected chi connectivity index (χ0v) is 12.8. The fraction of sp³-hybridized carbons (Fsp3) is 0.176. The summed E-state index contributed by atoms with van der Waals surface area (Å²) >= 11 is 0. The van der Waals surface area contributed by atoms with Crippen LogP contribution in [-0.2, 0) is 4.79 Å². The van der Waals surface area contributed by atoms with Crippen LogP contribution in [0.1, 0.15) is 10.4 Å². The molecule has 3 rings (SSSR count). The number of anilines is 1. The van der Waals surface area contributed by atoms with Gasteiger partial charge < -0.3 is 19.5 Å². The minimum atomic E-state index is -3.09. The summed E-state index contributed by atoms with van der Waals surface area (Å²) in [5.41, 5.74) is 0.264. The molecule has 0 unspecified atom stereocenters. The number of benzene rings is 2. The van der Waals surface area contributed by atoms with Crippen LogP contribution in [0, 0.1) is 0 Å². The number of hydrogen-bond donors (Lipinski definition) is 1. The second-order valence-electron chi connectivity index (χ2n) is 5.20. The van der Waals surface area contributed by atoms with Crippen molar-refractivity contribution < 1.29 is 33.0 Å². The Morgan fingerprint density at radius 3 is 2.56 bits per heavy atom. The molecule has 1 N–H and O–H groups in total. The van der Waals surface area contributed by atoms with Crippen LogP contribution in [0.2, 0.25) is 0 Å². The van der Waals surface area contributed by atoms with E-state index in [2.05, 4.69) is 4.74 Å². The van der Waals surface area contributed by atoms with E-state index in [1.807, 2.05) is 0 Å². The van der Waals surface area contributed by atoms with Crippen LogP contribution in [-0.4, -0.2) is 36.2 Å². The molecule has 1 aliphatic heterocycles. The van der Waals surface area contributed by atoms with E-state index < -0.39 is 24.6 Å². The molecule has 0 aliphatic carbocycles. The number of halogens is 2. The zero-order valence-electron chi connectivity index (χ0n) is 12.8. The average molecular weight is 349 g/mol. The Morgan fingerprint density at radius 2 is 1.84 bits per heavy atom. The molecule has 0 spiro atoms. The first kappa shape index (κ1) is 16.7. The normalized spacial score (nSPS) is 16.1. The molecule has 2 aromatic carbocycles. The van der Waals surface area contributed by atoms with Crippen LogP contribution in [0.15, 0.2) is 48.5 Å². The second kappa shape index (κ2) is 6.76. The summed E-state index contributed by atoms with van der Waals surface area (Å²) in [7, 11) is 0. The summed E-state index contributed by atoms with van der Waals surface area (Å²) in [5.74, 6) is -1.94. The SMILES string of the molecule is O=C(O)[C@@H]1CN(C(=O)c2ccccc2OC(F)F)c2ccccc2O1. The maximum absolute atomic E-state index is 12.9. The fourth-order valence-corrected chi connectivity index (χ4v) is 2.54. The van der Waals surface area contributed by atoms with Gasteiger partial charge in [0.15, 0.2) is 0 Å². The van der Waals surface area contributed by atoms with E-state index in [0.29, 0.717) is 5.69 Å². The Balaban J connectivity index is 2.00. The van der Waals surface area contributed by atoms with Crippen LogP contribution in [0.3, 0.4) is 0 Å². The molecule has 8 heteroatoms. The number of carboxylic acids is 1. The van der Waals surface area contributed by atoms with Gasteiger partial charge in [-0.15, -0.1) is 0 Å². The third kappa shape index (κ3) is 3.37. The lowest BCUT2D eigenvalue weighted by atomic mass is 10.1. The van der Waals surface area contributed by atoms with E-state index in [-0.39, 0.29) is 23.6 Å². The summed E-state index contributed by atoms with van der Waals surface area (Å²) in [6.07, 6.45) is -1.26. The molecule has 1 aliphatic rings. The number of aliphatic carboxylic acids is 1. The third-order valence-corrected chi connectivity index (χ3v) is 3.63. The van der Waals surface area contributed by atoms with E-state index in [9.17, 15) is 23.5 Å². The summed E-state index contributed by atoms with van der Waals surface area (Å²) in [5, 5.41) is 9.22. The molecule has 25 heavy (non-hydrogen) atoms. The molecule has 0 saturated carbocycles. The maximum Gasteiger partial charge on any atom is 0.387 e. The molecular formula is C17H13F2NO5. The third-order valence-electron chi connectivity index (χ3n) is 3.63. The lowest BCUT2D eigenvalue weighted by Gasteiger charge is -2.33. The number of alkyl halides is 2. The smallest absolute Gasteiger partial charge is 0.387 e. The number of carbonyl (C=O) groups is 2. The van der Waals surface area contributed by atoms with Crippen molar-refractivity contribution in [1.29, 1.82) is 0 Å². The number of nitrogens with zero attached hydrogens (tertiary/aromatic N) is 1. The zero-order chi connectivity index (χ0) is 18.0. The molecule has 1 atom stereocenters. The van der Waals surface area contributed by atoms with Gasteiger partial charge in [-0.2, -0.15) is 8.78 Å². The van der Waals surface area contributed by atoms with Crippen LogP contribution in [0.4, 0.5) is 14.5 Å². The first-order valence-electron chi connectivity index (χ1n) is 7.31. The highest BCUT2D eigenvalue weighted by molar-refractivity contribution is 6.09. The highest BCUT2D eigenvalue weighted by Crippen LogP contribution is 2.35. The molecule has 0 bridgehead atoms. The molecule has 0 saturated heterocycles. The molecule has 0 radical (unpaired) electrons. The van der Waals surface area contributed by atoms with Crippen molar-refractivity contribution in [3.63, 3.8) is 0 Å². The first-order chi connectivity index (χ1) is 12.0. The van der Waals surface area contributed by atoms with E-state index in [1.54, 1.807) is 18.2 Å². The van der Waals surface area contributed by atoms with Gasteiger partial charge in [0.2, 0.25) is 6.10 Å². The molecule has 2 aromatic rings. The number of fused-ring (bicyclic) bond motifs is 1. The molecular weight excluding hydrogens is 336 g/mol. The quantitative estimate of drug-likeness (QED) is 0.919. The predicted molar refractivity (Wildman–Crippen MR) is 83.2 cm³/mol. The van der Waals surface area contributed by atoms with Crippen molar-refractivity contribution in [2.75, 3.05) is 11.4 Å². The van der Waals surface area contributed by atoms with Gasteiger partial charge >= 0.3 is 12.6 Å². The van der Waals surface area contributed by atoms with Crippen molar-refractivity contribution in [3.8, 4) is 11.5 Å². The van der Waals surface area contributed by atoms with Crippen molar-refractivity contribution in [2.24, 2.45) is 0 Å². The highest BCUT2D eigenvalue weighted by Gasteiger charge is 2.35. The van der Waals surface area contributed by atoms with E-state index in [1.165, 1.54) is 35.2 Å². The standard InChI is InChI=1S/C17H13F2NO5/c18-17(19)25-12-7-3-1-5-10(12)15(21)20-9-14(16(22)23)24-13-8-4-2-6-11(13)20/h1-8,14,17H,9H2,(H,22,23)/t14-/m0/s1. The minimum absolute atomic E-state index is 0.0939. The second-order valence-corrected chi connectivity index (χ2v) is 5.20. The van der Waals surface area contributed by atoms with E-state index >= 15 is 0 Å². The number of carboxylic acid groups (broad SMARTS) is 1. The number of hydrogen-bond acceptors (Lipinski definition) is 4. The number of rotatable bonds is 4. The van der Waals surface area contributed by atoms with E-state index in [4.69, 9.17) is 4.74 Å². The summed E-state index contributed by atoms with van der Waals surface area (Å²) in [4.78, 5) is 25.4. The Labute approximate surface area is 141 Å². The summed E-state index contributed by atoms with van der Waals surface area (Å²) in [6, 6.07) is 12.0.